The van der Waals surface area contributed by atoms with E-state index in [0.29, 0.717) is 5.39 Å². The Labute approximate surface area is 154 Å². The normalized spacial score (nSPS) is 12.6. The zero-order chi connectivity index (χ0) is 18.1. The third-order valence-electron chi connectivity index (χ3n) is 3.66. The molecule has 0 saturated carbocycles. The van der Waals surface area contributed by atoms with Crippen LogP contribution in [0.5, 0.6) is 0 Å². The number of nitrogens with zero attached hydrogens (tertiary/aromatic N) is 1. The van der Waals surface area contributed by atoms with Crippen LogP contribution >= 0.6 is 27.5 Å². The number of fused-ring (bicyclic) bond motifs is 1. The van der Waals surface area contributed by atoms with Crippen LogP contribution in [0.2, 0.25) is 5.02 Å². The maximum atomic E-state index is 14.0. The van der Waals surface area contributed by atoms with Crippen molar-refractivity contribution in [2.24, 2.45) is 0 Å². The Morgan fingerprint density at radius 3 is 2.48 bits per heavy atom. The first kappa shape index (κ1) is 17.9. The van der Waals surface area contributed by atoms with Gasteiger partial charge in [0.05, 0.1) is 20.7 Å². The minimum absolute atomic E-state index is 0.0630. The molecule has 0 bridgehead atoms. The number of hydrogen-bond donors (Lipinski definition) is 1. The Morgan fingerprint density at radius 2 is 1.80 bits per heavy atom. The first-order valence-electron chi connectivity index (χ1n) is 7.11. The summed E-state index contributed by atoms with van der Waals surface area (Å²) in [5.41, 5.74) is 0.162. The quantitative estimate of drug-likeness (QED) is 0.485. The van der Waals surface area contributed by atoms with Crippen molar-refractivity contribution in [1.29, 1.82) is 0 Å². The summed E-state index contributed by atoms with van der Waals surface area (Å²) in [7, 11) is 0. The highest BCUT2D eigenvalue weighted by Gasteiger charge is 2.26. The Kier molecular flexibility index (Phi) is 5.15. The molecule has 0 aliphatic heterocycles. The largest absolute Gasteiger partial charge is 0.371 e. The van der Waals surface area contributed by atoms with Gasteiger partial charge in [-0.25, -0.2) is 17.6 Å². The lowest BCUT2D eigenvalue weighted by Gasteiger charge is -2.22. The van der Waals surface area contributed by atoms with Crippen LogP contribution in [0.3, 0.4) is 0 Å². The second-order valence-corrected chi connectivity index (χ2v) is 6.50. The standard InChI is InChI=1S/C17H10BrClF4N2/c18-10-5-9-14(6-13(10)21)24-7-11(19)15(9)25-16(17(22)23)8-3-1-2-4-12(8)20/h1-7,16-17H,(H,24,25). The summed E-state index contributed by atoms with van der Waals surface area (Å²) in [6.07, 6.45) is -1.68. The third kappa shape index (κ3) is 3.57. The van der Waals surface area contributed by atoms with Gasteiger partial charge in [0, 0.05) is 23.2 Å². The van der Waals surface area contributed by atoms with E-state index in [2.05, 4.69) is 26.2 Å². The van der Waals surface area contributed by atoms with E-state index in [4.69, 9.17) is 11.6 Å². The maximum Gasteiger partial charge on any atom is 0.262 e. The Bertz CT molecular complexity index is 936. The second-order valence-electron chi connectivity index (χ2n) is 5.24. The summed E-state index contributed by atoms with van der Waals surface area (Å²) >= 11 is 9.14. The minimum atomic E-state index is -2.90. The highest BCUT2D eigenvalue weighted by atomic mass is 79.9. The molecule has 2 nitrogen and oxygen atoms in total. The van der Waals surface area contributed by atoms with Gasteiger partial charge in [0.1, 0.15) is 17.7 Å². The molecule has 0 fully saturated rings. The Hall–Kier alpha value is -1.86. The maximum absolute atomic E-state index is 14.0. The molecule has 2 aromatic carbocycles. The molecule has 1 aromatic heterocycles. The van der Waals surface area contributed by atoms with Crippen molar-refractivity contribution < 1.29 is 17.6 Å². The first-order chi connectivity index (χ1) is 11.9. The minimum Gasteiger partial charge on any atom is -0.371 e. The van der Waals surface area contributed by atoms with Crippen molar-refractivity contribution in [2.75, 3.05) is 5.32 Å². The molecule has 0 amide bonds. The molecule has 1 atom stereocenters. The fraction of sp³-hybridized carbons (Fsp3) is 0.118. The van der Waals surface area contributed by atoms with E-state index in [1.54, 1.807) is 0 Å². The molecule has 0 aliphatic carbocycles. The average Bonchev–Trinajstić information content (AvgIpc) is 2.56. The van der Waals surface area contributed by atoms with Gasteiger partial charge in [-0.1, -0.05) is 29.8 Å². The van der Waals surface area contributed by atoms with Crippen LogP contribution in [-0.4, -0.2) is 11.4 Å². The molecule has 0 radical (unpaired) electrons. The predicted octanol–water partition coefficient (Wildman–Crippen LogP) is 6.35. The van der Waals surface area contributed by atoms with E-state index in [0.717, 1.165) is 12.1 Å². The average molecular weight is 434 g/mol. The summed E-state index contributed by atoms with van der Waals surface area (Å²) in [5.74, 6) is -1.31. The van der Waals surface area contributed by atoms with E-state index >= 15 is 0 Å². The zero-order valence-electron chi connectivity index (χ0n) is 12.4. The van der Waals surface area contributed by atoms with E-state index in [9.17, 15) is 17.6 Å². The van der Waals surface area contributed by atoms with Crippen LogP contribution in [0.1, 0.15) is 11.6 Å². The number of nitrogens with one attached hydrogen (secondary N) is 1. The number of alkyl halides is 2. The number of benzene rings is 2. The summed E-state index contributed by atoms with van der Waals surface area (Å²) in [6, 6.07) is 6.16. The summed E-state index contributed by atoms with van der Waals surface area (Å²) in [5, 5.41) is 2.99. The van der Waals surface area contributed by atoms with Crippen molar-refractivity contribution in [1.82, 2.24) is 4.98 Å². The molecule has 130 valence electrons. The molecule has 3 rings (SSSR count). The Balaban J connectivity index is 2.13. The lowest BCUT2D eigenvalue weighted by atomic mass is 10.1. The summed E-state index contributed by atoms with van der Waals surface area (Å²) < 4.78 is 54.9. The molecular weight excluding hydrogens is 424 g/mol. The van der Waals surface area contributed by atoms with Crippen molar-refractivity contribution in [2.45, 2.75) is 12.5 Å². The van der Waals surface area contributed by atoms with Gasteiger partial charge in [0.25, 0.3) is 6.43 Å². The van der Waals surface area contributed by atoms with Gasteiger partial charge in [-0.2, -0.15) is 0 Å². The smallest absolute Gasteiger partial charge is 0.262 e. The molecule has 1 unspecified atom stereocenters. The van der Waals surface area contributed by atoms with Crippen LogP contribution in [0, 0.1) is 11.6 Å². The number of anilines is 1. The van der Waals surface area contributed by atoms with Gasteiger partial charge in [0.2, 0.25) is 0 Å². The van der Waals surface area contributed by atoms with Crippen LogP contribution in [-0.2, 0) is 0 Å². The van der Waals surface area contributed by atoms with Gasteiger partial charge in [-0.15, -0.1) is 0 Å². The lowest BCUT2D eigenvalue weighted by molar-refractivity contribution is 0.123. The summed E-state index contributed by atoms with van der Waals surface area (Å²) in [4.78, 5) is 3.99. The number of rotatable bonds is 4. The first-order valence-corrected chi connectivity index (χ1v) is 8.28. The van der Waals surface area contributed by atoms with Gasteiger partial charge in [0.15, 0.2) is 0 Å². The number of hydrogen-bond acceptors (Lipinski definition) is 2. The van der Waals surface area contributed by atoms with Crippen LogP contribution in [0.15, 0.2) is 47.1 Å². The fourth-order valence-corrected chi connectivity index (χ4v) is 3.02. The molecule has 1 N–H and O–H groups in total. The molecular formula is C17H10BrClF4N2. The van der Waals surface area contributed by atoms with Gasteiger partial charge in [-0.05, 0) is 28.1 Å². The lowest BCUT2D eigenvalue weighted by Crippen LogP contribution is -2.20. The number of pyridine rings is 1. The molecule has 0 saturated heterocycles. The van der Waals surface area contributed by atoms with E-state index in [1.165, 1.54) is 30.5 Å². The van der Waals surface area contributed by atoms with E-state index in [1.807, 2.05) is 0 Å². The fourth-order valence-electron chi connectivity index (χ4n) is 2.47. The topological polar surface area (TPSA) is 24.9 Å². The number of aromatic nitrogens is 1. The zero-order valence-corrected chi connectivity index (χ0v) is 14.8. The van der Waals surface area contributed by atoms with Crippen molar-refractivity contribution >= 4 is 44.1 Å². The molecule has 0 spiro atoms. The van der Waals surface area contributed by atoms with Gasteiger partial charge >= 0.3 is 0 Å². The molecule has 1 heterocycles. The third-order valence-corrected chi connectivity index (χ3v) is 4.55. The van der Waals surface area contributed by atoms with Crippen molar-refractivity contribution in [3.63, 3.8) is 0 Å². The van der Waals surface area contributed by atoms with Gasteiger partial charge in [-0.3, -0.25) is 4.98 Å². The van der Waals surface area contributed by atoms with Crippen molar-refractivity contribution in [3.8, 4) is 0 Å². The van der Waals surface area contributed by atoms with Crippen LogP contribution in [0.25, 0.3) is 10.9 Å². The molecule has 8 heteroatoms. The molecule has 0 aliphatic rings. The monoisotopic (exact) mass is 432 g/mol. The highest BCUT2D eigenvalue weighted by molar-refractivity contribution is 9.10. The van der Waals surface area contributed by atoms with E-state index < -0.39 is 24.1 Å². The molecule has 3 aromatic rings. The van der Waals surface area contributed by atoms with Crippen LogP contribution in [0.4, 0.5) is 23.2 Å². The Morgan fingerprint density at radius 1 is 1.08 bits per heavy atom. The highest BCUT2D eigenvalue weighted by Crippen LogP contribution is 2.36. The second kappa shape index (κ2) is 7.17. The van der Waals surface area contributed by atoms with Crippen molar-refractivity contribution in [3.05, 3.63) is 69.3 Å². The predicted molar refractivity (Wildman–Crippen MR) is 93.2 cm³/mol. The summed E-state index contributed by atoms with van der Waals surface area (Å²) in [6.45, 7) is 0. The van der Waals surface area contributed by atoms with Gasteiger partial charge < -0.3 is 5.32 Å². The SMILES string of the molecule is Fc1cc2ncc(Cl)c(NC(c3ccccc3F)C(F)F)c2cc1Br. The number of halogens is 6. The van der Waals surface area contributed by atoms with Crippen LogP contribution < -0.4 is 5.32 Å². The molecule has 25 heavy (non-hydrogen) atoms. The van der Waals surface area contributed by atoms with E-state index in [-0.39, 0.29) is 26.3 Å².